The molecule has 1 amide bonds. The van der Waals surface area contributed by atoms with Crippen LogP contribution in [0.2, 0.25) is 5.02 Å². The molecule has 0 aliphatic carbocycles. The minimum Gasteiger partial charge on any atom is -0.403 e. The molecule has 1 aromatic carbocycles. The Kier molecular flexibility index (Phi) is 4.12. The van der Waals surface area contributed by atoms with Crippen LogP contribution in [0.15, 0.2) is 34.7 Å². The summed E-state index contributed by atoms with van der Waals surface area (Å²) >= 11 is 5.84. The summed E-state index contributed by atoms with van der Waals surface area (Å²) in [5.74, 6) is -0.0455. The Morgan fingerprint density at radius 1 is 1.30 bits per heavy atom. The van der Waals surface area contributed by atoms with Gasteiger partial charge in [-0.15, -0.1) is 5.10 Å². The van der Waals surface area contributed by atoms with Crippen molar-refractivity contribution in [3.63, 3.8) is 0 Å². The van der Waals surface area contributed by atoms with Crippen molar-refractivity contribution in [1.29, 1.82) is 0 Å². The molecule has 0 spiro atoms. The number of aromatic nitrogens is 4. The molecule has 7 nitrogen and oxygen atoms in total. The van der Waals surface area contributed by atoms with E-state index in [2.05, 4.69) is 20.6 Å². The molecule has 0 saturated carbocycles. The summed E-state index contributed by atoms with van der Waals surface area (Å²) in [4.78, 5) is 12.3. The van der Waals surface area contributed by atoms with Gasteiger partial charge in [-0.05, 0) is 44.2 Å². The van der Waals surface area contributed by atoms with Gasteiger partial charge in [0.25, 0.3) is 5.91 Å². The summed E-state index contributed by atoms with van der Waals surface area (Å²) in [5.41, 5.74) is 1.93. The minimum absolute atomic E-state index is 0.0291. The van der Waals surface area contributed by atoms with Crippen molar-refractivity contribution in [2.75, 3.05) is 5.32 Å². The van der Waals surface area contributed by atoms with Crippen molar-refractivity contribution in [2.24, 2.45) is 0 Å². The van der Waals surface area contributed by atoms with E-state index in [4.69, 9.17) is 16.0 Å². The number of nitrogens with one attached hydrogen (secondary N) is 1. The van der Waals surface area contributed by atoms with E-state index in [1.165, 1.54) is 0 Å². The van der Waals surface area contributed by atoms with Gasteiger partial charge >= 0.3 is 6.01 Å². The van der Waals surface area contributed by atoms with Crippen LogP contribution in [0.1, 0.15) is 23.1 Å². The Hall–Kier alpha value is -2.67. The molecule has 2 heterocycles. The molecule has 0 bridgehead atoms. The number of carbonyl (C=O) groups is 1. The average Bonchev–Trinajstić information content (AvgIpc) is 3.14. The molecule has 2 aromatic heterocycles. The lowest BCUT2D eigenvalue weighted by Crippen LogP contribution is -2.17. The van der Waals surface area contributed by atoms with Crippen molar-refractivity contribution in [2.45, 2.75) is 20.4 Å². The van der Waals surface area contributed by atoms with Crippen LogP contribution < -0.4 is 5.32 Å². The summed E-state index contributed by atoms with van der Waals surface area (Å²) in [5, 5.41) is 15.2. The number of amides is 1. The third-order valence-corrected chi connectivity index (χ3v) is 3.42. The Morgan fingerprint density at radius 3 is 2.74 bits per heavy atom. The number of carbonyl (C=O) groups excluding carboxylic acids is 1. The third kappa shape index (κ3) is 3.24. The minimum atomic E-state index is -0.348. The lowest BCUT2D eigenvalue weighted by atomic mass is 10.2. The average molecular weight is 332 g/mol. The normalized spacial score (nSPS) is 10.7. The second kappa shape index (κ2) is 6.21. The summed E-state index contributed by atoms with van der Waals surface area (Å²) in [6.07, 6.45) is 0. The van der Waals surface area contributed by atoms with Crippen molar-refractivity contribution in [3.05, 3.63) is 46.7 Å². The Balaban J connectivity index is 1.78. The highest BCUT2D eigenvalue weighted by atomic mass is 35.5. The monoisotopic (exact) mass is 331 g/mol. The Labute approximate surface area is 137 Å². The number of nitrogens with zero attached hydrogens (tertiary/aromatic N) is 4. The van der Waals surface area contributed by atoms with E-state index in [0.717, 1.165) is 11.3 Å². The third-order valence-electron chi connectivity index (χ3n) is 3.17. The first kappa shape index (κ1) is 15.2. The highest BCUT2D eigenvalue weighted by Crippen LogP contribution is 2.22. The van der Waals surface area contributed by atoms with Gasteiger partial charge in [0.05, 0.1) is 5.69 Å². The first-order chi connectivity index (χ1) is 11.1. The lowest BCUT2D eigenvalue weighted by Gasteiger charge is -2.02. The van der Waals surface area contributed by atoms with Crippen LogP contribution in [0.25, 0.3) is 11.5 Å². The fourth-order valence-electron chi connectivity index (χ4n) is 2.11. The van der Waals surface area contributed by atoms with Crippen LogP contribution in [0, 0.1) is 6.92 Å². The predicted molar refractivity (Wildman–Crippen MR) is 85.3 cm³/mol. The van der Waals surface area contributed by atoms with E-state index in [0.29, 0.717) is 23.2 Å². The summed E-state index contributed by atoms with van der Waals surface area (Å²) in [6, 6.07) is 8.70. The molecule has 118 valence electrons. The van der Waals surface area contributed by atoms with Crippen molar-refractivity contribution >= 4 is 23.5 Å². The molecule has 1 N–H and O–H groups in total. The second-order valence-electron chi connectivity index (χ2n) is 4.86. The number of hydrogen-bond donors (Lipinski definition) is 1. The van der Waals surface area contributed by atoms with E-state index >= 15 is 0 Å². The molecule has 0 atom stereocenters. The molecule has 3 aromatic rings. The summed E-state index contributed by atoms with van der Waals surface area (Å²) in [6.45, 7) is 4.33. The van der Waals surface area contributed by atoms with Gasteiger partial charge in [-0.25, -0.2) is 0 Å². The molecule has 0 aliphatic rings. The molecule has 8 heteroatoms. The number of benzene rings is 1. The molecule has 0 radical (unpaired) electrons. The van der Waals surface area contributed by atoms with Crippen molar-refractivity contribution in [3.8, 4) is 11.5 Å². The standard InChI is InChI=1S/C15H14ClN5O2/c1-3-21-12(8-9(2)20-21)13(22)17-15-19-18-14(23-15)10-4-6-11(16)7-5-10/h4-8H,3H2,1-2H3,(H,17,19,22). The number of rotatable bonds is 4. The molecule has 23 heavy (non-hydrogen) atoms. The first-order valence-corrected chi connectivity index (χ1v) is 7.40. The van der Waals surface area contributed by atoms with E-state index in [-0.39, 0.29) is 11.9 Å². The molecule has 0 fully saturated rings. The smallest absolute Gasteiger partial charge is 0.322 e. The fourth-order valence-corrected chi connectivity index (χ4v) is 2.24. The number of anilines is 1. The van der Waals surface area contributed by atoms with Gasteiger partial charge in [0.15, 0.2) is 0 Å². The van der Waals surface area contributed by atoms with Crippen LogP contribution in [0.4, 0.5) is 6.01 Å². The van der Waals surface area contributed by atoms with Crippen LogP contribution in [0.5, 0.6) is 0 Å². The maximum atomic E-state index is 12.3. The van der Waals surface area contributed by atoms with E-state index in [9.17, 15) is 4.79 Å². The van der Waals surface area contributed by atoms with Crippen molar-refractivity contribution in [1.82, 2.24) is 20.0 Å². The van der Waals surface area contributed by atoms with Crippen LogP contribution in [-0.2, 0) is 6.54 Å². The molecule has 0 aliphatic heterocycles. The van der Waals surface area contributed by atoms with E-state index in [1.807, 2.05) is 13.8 Å². The van der Waals surface area contributed by atoms with E-state index in [1.54, 1.807) is 35.0 Å². The van der Waals surface area contributed by atoms with Gasteiger partial charge in [-0.1, -0.05) is 16.7 Å². The zero-order valence-electron chi connectivity index (χ0n) is 12.6. The first-order valence-electron chi connectivity index (χ1n) is 7.02. The van der Waals surface area contributed by atoms with Gasteiger partial charge in [-0.3, -0.25) is 14.8 Å². The van der Waals surface area contributed by atoms with Gasteiger partial charge in [0.2, 0.25) is 5.89 Å². The molecule has 3 rings (SSSR count). The van der Waals surface area contributed by atoms with Crippen LogP contribution in [-0.4, -0.2) is 25.9 Å². The number of hydrogen-bond acceptors (Lipinski definition) is 5. The summed E-state index contributed by atoms with van der Waals surface area (Å²) < 4.78 is 7.07. The van der Waals surface area contributed by atoms with Crippen molar-refractivity contribution < 1.29 is 9.21 Å². The molecular formula is C15H14ClN5O2. The molecule has 0 saturated heterocycles. The molecule has 0 unspecified atom stereocenters. The zero-order valence-corrected chi connectivity index (χ0v) is 13.3. The maximum absolute atomic E-state index is 12.3. The predicted octanol–water partition coefficient (Wildman–Crippen LogP) is 3.17. The number of aryl methyl sites for hydroxylation is 2. The molecular weight excluding hydrogens is 318 g/mol. The fraction of sp³-hybridized carbons (Fsp3) is 0.200. The lowest BCUT2D eigenvalue weighted by molar-refractivity contribution is 0.101. The quantitative estimate of drug-likeness (QED) is 0.793. The van der Waals surface area contributed by atoms with Gasteiger partial charge in [0, 0.05) is 17.1 Å². The van der Waals surface area contributed by atoms with Crippen LogP contribution in [0.3, 0.4) is 0 Å². The van der Waals surface area contributed by atoms with Crippen LogP contribution >= 0.6 is 11.6 Å². The second-order valence-corrected chi connectivity index (χ2v) is 5.30. The van der Waals surface area contributed by atoms with Gasteiger partial charge in [-0.2, -0.15) is 5.10 Å². The maximum Gasteiger partial charge on any atom is 0.322 e. The highest BCUT2D eigenvalue weighted by Gasteiger charge is 2.16. The topological polar surface area (TPSA) is 85.8 Å². The summed E-state index contributed by atoms with van der Waals surface area (Å²) in [7, 11) is 0. The van der Waals surface area contributed by atoms with E-state index < -0.39 is 0 Å². The van der Waals surface area contributed by atoms with Gasteiger partial charge in [0.1, 0.15) is 5.69 Å². The SMILES string of the molecule is CCn1nc(C)cc1C(=O)Nc1nnc(-c2ccc(Cl)cc2)o1. The largest absolute Gasteiger partial charge is 0.403 e. The Morgan fingerprint density at radius 2 is 2.04 bits per heavy atom. The highest BCUT2D eigenvalue weighted by molar-refractivity contribution is 6.30. The Bertz CT molecular complexity index is 838. The zero-order chi connectivity index (χ0) is 16.4. The number of halogens is 1. The van der Waals surface area contributed by atoms with Gasteiger partial charge < -0.3 is 4.42 Å².